The SMILES string of the molecule is COc1cc(CCl)ccc1OCCc1ccccn1. The number of rotatable bonds is 6. The Morgan fingerprint density at radius 2 is 2.05 bits per heavy atom. The molecule has 0 saturated carbocycles. The van der Waals surface area contributed by atoms with Crippen molar-refractivity contribution in [1.29, 1.82) is 0 Å². The first-order valence-electron chi connectivity index (χ1n) is 6.09. The summed E-state index contributed by atoms with van der Waals surface area (Å²) in [5.74, 6) is 1.90. The van der Waals surface area contributed by atoms with E-state index in [1.807, 2.05) is 36.4 Å². The molecule has 0 aliphatic heterocycles. The smallest absolute Gasteiger partial charge is 0.161 e. The predicted molar refractivity (Wildman–Crippen MR) is 76.0 cm³/mol. The molecule has 0 aliphatic rings. The normalized spacial score (nSPS) is 10.2. The molecule has 4 heteroatoms. The fourth-order valence-corrected chi connectivity index (χ4v) is 1.89. The molecule has 0 saturated heterocycles. The Balaban J connectivity index is 1.96. The van der Waals surface area contributed by atoms with Crippen molar-refractivity contribution in [2.75, 3.05) is 13.7 Å². The van der Waals surface area contributed by atoms with Crippen LogP contribution >= 0.6 is 11.6 Å². The number of hydrogen-bond donors (Lipinski definition) is 0. The van der Waals surface area contributed by atoms with Crippen molar-refractivity contribution in [1.82, 2.24) is 4.98 Å². The van der Waals surface area contributed by atoms with Crippen LogP contribution in [0.1, 0.15) is 11.3 Å². The van der Waals surface area contributed by atoms with Crippen LogP contribution in [0.3, 0.4) is 0 Å². The topological polar surface area (TPSA) is 31.4 Å². The Morgan fingerprint density at radius 1 is 1.16 bits per heavy atom. The fourth-order valence-electron chi connectivity index (χ4n) is 1.73. The van der Waals surface area contributed by atoms with E-state index >= 15 is 0 Å². The maximum Gasteiger partial charge on any atom is 0.161 e. The number of nitrogens with zero attached hydrogens (tertiary/aromatic N) is 1. The van der Waals surface area contributed by atoms with Crippen LogP contribution in [0.4, 0.5) is 0 Å². The van der Waals surface area contributed by atoms with Crippen LogP contribution in [0.25, 0.3) is 0 Å². The summed E-state index contributed by atoms with van der Waals surface area (Å²) in [6, 6.07) is 11.6. The van der Waals surface area contributed by atoms with Crippen molar-refractivity contribution >= 4 is 11.6 Å². The Bertz CT molecular complexity index is 517. The Kier molecular flexibility index (Phi) is 5.04. The molecule has 1 aromatic heterocycles. The fraction of sp³-hybridized carbons (Fsp3) is 0.267. The molecule has 2 aromatic rings. The zero-order valence-electron chi connectivity index (χ0n) is 10.8. The van der Waals surface area contributed by atoms with Crippen molar-refractivity contribution in [3.8, 4) is 11.5 Å². The molecule has 0 atom stereocenters. The summed E-state index contributed by atoms with van der Waals surface area (Å²) >= 11 is 5.79. The highest BCUT2D eigenvalue weighted by molar-refractivity contribution is 6.17. The van der Waals surface area contributed by atoms with E-state index in [-0.39, 0.29) is 0 Å². The number of hydrogen-bond acceptors (Lipinski definition) is 3. The molecule has 0 spiro atoms. The van der Waals surface area contributed by atoms with Crippen molar-refractivity contribution < 1.29 is 9.47 Å². The van der Waals surface area contributed by atoms with Gasteiger partial charge in [-0.25, -0.2) is 0 Å². The van der Waals surface area contributed by atoms with E-state index in [1.54, 1.807) is 13.3 Å². The van der Waals surface area contributed by atoms with E-state index in [1.165, 1.54) is 0 Å². The first kappa shape index (κ1) is 13.7. The van der Waals surface area contributed by atoms with E-state index in [9.17, 15) is 0 Å². The molecule has 0 N–H and O–H groups in total. The molecule has 19 heavy (non-hydrogen) atoms. The van der Waals surface area contributed by atoms with Gasteiger partial charge in [-0.1, -0.05) is 12.1 Å². The highest BCUT2D eigenvalue weighted by atomic mass is 35.5. The number of aromatic nitrogens is 1. The van der Waals surface area contributed by atoms with Crippen molar-refractivity contribution in [3.63, 3.8) is 0 Å². The third kappa shape index (κ3) is 3.86. The van der Waals surface area contributed by atoms with Gasteiger partial charge >= 0.3 is 0 Å². The minimum absolute atomic E-state index is 0.463. The average Bonchev–Trinajstić information content (AvgIpc) is 2.48. The molecule has 3 nitrogen and oxygen atoms in total. The van der Waals surface area contributed by atoms with Crippen LogP contribution in [-0.2, 0) is 12.3 Å². The molecule has 1 aromatic carbocycles. The summed E-state index contributed by atoms with van der Waals surface area (Å²) in [5.41, 5.74) is 2.02. The van der Waals surface area contributed by atoms with Crippen LogP contribution in [0, 0.1) is 0 Å². The van der Waals surface area contributed by atoms with Crippen LogP contribution in [0.5, 0.6) is 11.5 Å². The second-order valence-electron chi connectivity index (χ2n) is 4.04. The third-order valence-corrected chi connectivity index (χ3v) is 3.03. The maximum atomic E-state index is 5.79. The average molecular weight is 278 g/mol. The standard InChI is InChI=1S/C15H16ClNO2/c1-18-15-10-12(11-16)5-6-14(15)19-9-7-13-4-2-3-8-17-13/h2-6,8,10H,7,9,11H2,1H3. The van der Waals surface area contributed by atoms with Gasteiger partial charge in [-0.3, -0.25) is 4.98 Å². The molecule has 0 aliphatic carbocycles. The first-order chi connectivity index (χ1) is 9.33. The third-order valence-electron chi connectivity index (χ3n) is 2.72. The van der Waals surface area contributed by atoms with Gasteiger partial charge < -0.3 is 9.47 Å². The van der Waals surface area contributed by atoms with Gasteiger partial charge in [0.1, 0.15) is 0 Å². The Morgan fingerprint density at radius 3 is 2.74 bits per heavy atom. The van der Waals surface area contributed by atoms with Gasteiger partial charge in [0.05, 0.1) is 13.7 Å². The van der Waals surface area contributed by atoms with Gasteiger partial charge in [-0.15, -0.1) is 11.6 Å². The van der Waals surface area contributed by atoms with Crippen LogP contribution < -0.4 is 9.47 Å². The molecule has 1 heterocycles. The van der Waals surface area contributed by atoms with Gasteiger partial charge in [0, 0.05) is 24.2 Å². The lowest BCUT2D eigenvalue weighted by molar-refractivity contribution is 0.296. The summed E-state index contributed by atoms with van der Waals surface area (Å²) in [6.07, 6.45) is 2.55. The molecule has 0 radical (unpaired) electrons. The first-order valence-corrected chi connectivity index (χ1v) is 6.62. The van der Waals surface area contributed by atoms with Gasteiger partial charge in [-0.05, 0) is 29.8 Å². The Hall–Kier alpha value is -1.74. The van der Waals surface area contributed by atoms with Gasteiger partial charge in [-0.2, -0.15) is 0 Å². The van der Waals surface area contributed by atoms with Gasteiger partial charge in [0.15, 0.2) is 11.5 Å². The molecule has 0 bridgehead atoms. The minimum Gasteiger partial charge on any atom is -0.493 e. The van der Waals surface area contributed by atoms with Crippen molar-refractivity contribution in [3.05, 3.63) is 53.9 Å². The van der Waals surface area contributed by atoms with Gasteiger partial charge in [0.2, 0.25) is 0 Å². The number of halogens is 1. The van der Waals surface area contributed by atoms with E-state index in [0.717, 1.165) is 23.4 Å². The van der Waals surface area contributed by atoms with E-state index in [4.69, 9.17) is 21.1 Å². The molecule has 2 rings (SSSR count). The van der Waals surface area contributed by atoms with E-state index in [2.05, 4.69) is 4.98 Å². The summed E-state index contributed by atoms with van der Waals surface area (Å²) in [7, 11) is 1.62. The van der Waals surface area contributed by atoms with E-state index < -0.39 is 0 Å². The molecule has 0 unspecified atom stereocenters. The molecule has 0 fully saturated rings. The largest absolute Gasteiger partial charge is 0.493 e. The number of methoxy groups -OCH3 is 1. The lowest BCUT2D eigenvalue weighted by atomic mass is 10.2. The number of pyridine rings is 1. The summed E-state index contributed by atoms with van der Waals surface area (Å²) in [5, 5.41) is 0. The summed E-state index contributed by atoms with van der Waals surface area (Å²) in [6.45, 7) is 0.563. The Labute approximate surface area is 118 Å². The lowest BCUT2D eigenvalue weighted by Crippen LogP contribution is -2.04. The second-order valence-corrected chi connectivity index (χ2v) is 4.31. The molecular weight excluding hydrogens is 262 g/mol. The van der Waals surface area contributed by atoms with Crippen molar-refractivity contribution in [2.24, 2.45) is 0 Å². The predicted octanol–water partition coefficient (Wildman–Crippen LogP) is 3.45. The number of alkyl halides is 1. The molecule has 0 amide bonds. The van der Waals surface area contributed by atoms with Gasteiger partial charge in [0.25, 0.3) is 0 Å². The summed E-state index contributed by atoms with van der Waals surface area (Å²) < 4.78 is 11.0. The van der Waals surface area contributed by atoms with Crippen molar-refractivity contribution in [2.45, 2.75) is 12.3 Å². The zero-order valence-corrected chi connectivity index (χ0v) is 11.6. The molecule has 100 valence electrons. The van der Waals surface area contributed by atoms with Crippen LogP contribution in [0.2, 0.25) is 0 Å². The molecular formula is C15H16ClNO2. The second kappa shape index (κ2) is 7.00. The van der Waals surface area contributed by atoms with E-state index in [0.29, 0.717) is 18.2 Å². The zero-order chi connectivity index (χ0) is 13.5. The summed E-state index contributed by atoms with van der Waals surface area (Å²) in [4.78, 5) is 4.25. The minimum atomic E-state index is 0.463. The van der Waals surface area contributed by atoms with Crippen LogP contribution in [0.15, 0.2) is 42.6 Å². The highest BCUT2D eigenvalue weighted by Gasteiger charge is 2.05. The monoisotopic (exact) mass is 277 g/mol. The van der Waals surface area contributed by atoms with Crippen LogP contribution in [-0.4, -0.2) is 18.7 Å². The maximum absolute atomic E-state index is 5.79. The lowest BCUT2D eigenvalue weighted by Gasteiger charge is -2.11. The number of ether oxygens (including phenoxy) is 2. The quantitative estimate of drug-likeness (QED) is 0.758. The highest BCUT2D eigenvalue weighted by Crippen LogP contribution is 2.28. The number of benzene rings is 1.